The number of rotatable bonds is 4. The second kappa shape index (κ2) is 5.98. The molecule has 0 saturated heterocycles. The van der Waals surface area contributed by atoms with Gasteiger partial charge < -0.3 is 10.4 Å². The molecule has 1 amide bonds. The highest BCUT2D eigenvalue weighted by Gasteiger charge is 2.05. The van der Waals surface area contributed by atoms with Gasteiger partial charge in [0.05, 0.1) is 6.61 Å². The van der Waals surface area contributed by atoms with Crippen LogP contribution in [0.1, 0.15) is 5.56 Å². The van der Waals surface area contributed by atoms with Crippen molar-refractivity contribution in [2.45, 2.75) is 13.2 Å². The molecule has 3 N–H and O–H groups in total. The number of aliphatic hydroxyl groups is 1. The third kappa shape index (κ3) is 3.42. The summed E-state index contributed by atoms with van der Waals surface area (Å²) in [5, 5.41) is 13.8. The Morgan fingerprint density at radius 1 is 1.15 bits per heavy atom. The zero-order valence-corrected chi connectivity index (χ0v) is 10.5. The molecule has 20 heavy (non-hydrogen) atoms. The Morgan fingerprint density at radius 2 is 1.85 bits per heavy atom. The summed E-state index contributed by atoms with van der Waals surface area (Å²) in [6.07, 6.45) is 0. The topological polar surface area (TPSA) is 104 Å². The van der Waals surface area contributed by atoms with Gasteiger partial charge in [-0.2, -0.15) is 0 Å². The number of amides is 1. The molecule has 104 valence electrons. The Morgan fingerprint density at radius 3 is 2.50 bits per heavy atom. The number of nitrogens with zero attached hydrogens (tertiary/aromatic N) is 1. The largest absolute Gasteiger partial charge is 0.392 e. The van der Waals surface area contributed by atoms with Gasteiger partial charge in [-0.3, -0.25) is 19.5 Å². The molecular formula is C13H13N3O4. The summed E-state index contributed by atoms with van der Waals surface area (Å²) in [6, 6.07) is 8.82. The van der Waals surface area contributed by atoms with Crippen molar-refractivity contribution in [1.29, 1.82) is 0 Å². The van der Waals surface area contributed by atoms with Gasteiger partial charge in [-0.05, 0) is 17.7 Å². The molecule has 0 radical (unpaired) electrons. The molecule has 0 aliphatic carbocycles. The Labute approximate surface area is 113 Å². The standard InChI is InChI=1S/C13H13N3O4/c17-8-9-1-3-10(4-2-9)14-12(19)7-16-13(20)6-5-11(18)15-16/h1-6,17H,7-8H2,(H,14,19)(H,15,18). The highest BCUT2D eigenvalue weighted by Crippen LogP contribution is 2.09. The van der Waals surface area contributed by atoms with Crippen molar-refractivity contribution in [2.24, 2.45) is 0 Å². The lowest BCUT2D eigenvalue weighted by molar-refractivity contribution is -0.117. The highest BCUT2D eigenvalue weighted by molar-refractivity contribution is 5.90. The number of aromatic nitrogens is 2. The molecule has 0 aliphatic rings. The molecule has 2 rings (SSSR count). The third-order valence-corrected chi connectivity index (χ3v) is 2.61. The zero-order valence-electron chi connectivity index (χ0n) is 10.5. The second-order valence-corrected chi connectivity index (χ2v) is 4.14. The molecule has 0 fully saturated rings. The van der Waals surface area contributed by atoms with E-state index in [1.165, 1.54) is 0 Å². The van der Waals surface area contributed by atoms with Gasteiger partial charge in [0.1, 0.15) is 6.54 Å². The number of carbonyl (C=O) groups excluding carboxylic acids is 1. The minimum atomic E-state index is -0.463. The number of hydrogen-bond donors (Lipinski definition) is 3. The van der Waals surface area contributed by atoms with Crippen molar-refractivity contribution in [2.75, 3.05) is 5.32 Å². The highest BCUT2D eigenvalue weighted by atomic mass is 16.3. The molecule has 0 saturated carbocycles. The average molecular weight is 275 g/mol. The molecule has 0 spiro atoms. The van der Waals surface area contributed by atoms with Gasteiger partial charge in [-0.25, -0.2) is 4.68 Å². The van der Waals surface area contributed by atoms with Gasteiger partial charge in [-0.1, -0.05) is 12.1 Å². The van der Waals surface area contributed by atoms with Crippen molar-refractivity contribution in [3.05, 3.63) is 62.7 Å². The van der Waals surface area contributed by atoms with Gasteiger partial charge in [0.25, 0.3) is 11.1 Å². The smallest absolute Gasteiger partial charge is 0.265 e. The predicted molar refractivity (Wildman–Crippen MR) is 72.3 cm³/mol. The van der Waals surface area contributed by atoms with Crippen LogP contribution in [0.5, 0.6) is 0 Å². The molecule has 1 aromatic heterocycles. The Hall–Kier alpha value is -2.67. The van der Waals surface area contributed by atoms with E-state index in [2.05, 4.69) is 10.4 Å². The minimum Gasteiger partial charge on any atom is -0.392 e. The van der Waals surface area contributed by atoms with Crippen LogP contribution in [0.4, 0.5) is 5.69 Å². The molecule has 7 heteroatoms. The van der Waals surface area contributed by atoms with E-state index in [4.69, 9.17) is 5.11 Å². The monoisotopic (exact) mass is 275 g/mol. The Kier molecular flexibility index (Phi) is 4.11. The van der Waals surface area contributed by atoms with Crippen LogP contribution < -0.4 is 16.4 Å². The van der Waals surface area contributed by atoms with E-state index in [0.717, 1.165) is 22.4 Å². The van der Waals surface area contributed by atoms with E-state index in [-0.39, 0.29) is 13.2 Å². The summed E-state index contributed by atoms with van der Waals surface area (Å²) >= 11 is 0. The minimum absolute atomic E-state index is 0.0745. The van der Waals surface area contributed by atoms with Gasteiger partial charge in [0.2, 0.25) is 5.91 Å². The molecule has 2 aromatic rings. The summed E-state index contributed by atoms with van der Waals surface area (Å²) in [5.74, 6) is -0.439. The van der Waals surface area contributed by atoms with Crippen LogP contribution in [0.2, 0.25) is 0 Å². The maximum atomic E-state index is 11.8. The van der Waals surface area contributed by atoms with Crippen LogP contribution in [0.3, 0.4) is 0 Å². The number of hydrogen-bond acceptors (Lipinski definition) is 4. The van der Waals surface area contributed by atoms with E-state index in [9.17, 15) is 14.4 Å². The molecule has 0 bridgehead atoms. The number of aromatic amines is 1. The first-order valence-electron chi connectivity index (χ1n) is 5.88. The van der Waals surface area contributed by atoms with E-state index >= 15 is 0 Å². The van der Waals surface area contributed by atoms with Crippen LogP contribution >= 0.6 is 0 Å². The van der Waals surface area contributed by atoms with Crippen molar-refractivity contribution in [3.63, 3.8) is 0 Å². The maximum Gasteiger partial charge on any atom is 0.265 e. The van der Waals surface area contributed by atoms with Crippen LogP contribution in [-0.2, 0) is 17.9 Å². The molecule has 1 aromatic carbocycles. The average Bonchev–Trinajstić information content (AvgIpc) is 2.43. The van der Waals surface area contributed by atoms with Crippen molar-refractivity contribution in [3.8, 4) is 0 Å². The first-order valence-corrected chi connectivity index (χ1v) is 5.88. The molecule has 0 unspecified atom stereocenters. The third-order valence-electron chi connectivity index (χ3n) is 2.61. The lowest BCUT2D eigenvalue weighted by Gasteiger charge is -2.07. The Balaban J connectivity index is 2.06. The van der Waals surface area contributed by atoms with Crippen molar-refractivity contribution >= 4 is 11.6 Å². The van der Waals surface area contributed by atoms with E-state index in [1.807, 2.05) is 0 Å². The number of aliphatic hydroxyl groups excluding tert-OH is 1. The van der Waals surface area contributed by atoms with Gasteiger partial charge in [0, 0.05) is 17.8 Å². The number of carbonyl (C=O) groups is 1. The fourth-order valence-corrected chi connectivity index (χ4v) is 1.62. The maximum absolute atomic E-state index is 11.8. The van der Waals surface area contributed by atoms with Gasteiger partial charge in [0.15, 0.2) is 0 Å². The lowest BCUT2D eigenvalue weighted by Crippen LogP contribution is -2.32. The van der Waals surface area contributed by atoms with Gasteiger partial charge in [-0.15, -0.1) is 0 Å². The number of benzene rings is 1. The number of nitrogens with one attached hydrogen (secondary N) is 2. The molecule has 0 aliphatic heterocycles. The molecule has 1 heterocycles. The lowest BCUT2D eigenvalue weighted by atomic mass is 10.2. The van der Waals surface area contributed by atoms with E-state index < -0.39 is 17.0 Å². The first kappa shape index (κ1) is 13.8. The number of H-pyrrole nitrogens is 1. The first-order chi connectivity index (χ1) is 9.58. The fourth-order valence-electron chi connectivity index (χ4n) is 1.62. The second-order valence-electron chi connectivity index (χ2n) is 4.14. The Bertz CT molecular complexity index is 715. The summed E-state index contributed by atoms with van der Waals surface area (Å²) in [7, 11) is 0. The molecule has 7 nitrogen and oxygen atoms in total. The van der Waals surface area contributed by atoms with Crippen LogP contribution in [0.25, 0.3) is 0 Å². The van der Waals surface area contributed by atoms with Crippen molar-refractivity contribution in [1.82, 2.24) is 9.78 Å². The normalized spacial score (nSPS) is 10.2. The van der Waals surface area contributed by atoms with Crippen molar-refractivity contribution < 1.29 is 9.90 Å². The molecule has 0 atom stereocenters. The van der Waals surface area contributed by atoms with E-state index in [0.29, 0.717) is 5.69 Å². The van der Waals surface area contributed by atoms with Crippen LogP contribution in [-0.4, -0.2) is 20.8 Å². The number of anilines is 1. The van der Waals surface area contributed by atoms with Crippen LogP contribution in [0.15, 0.2) is 46.0 Å². The quantitative estimate of drug-likeness (QED) is 0.710. The van der Waals surface area contributed by atoms with E-state index in [1.54, 1.807) is 24.3 Å². The molecular weight excluding hydrogens is 262 g/mol. The SMILES string of the molecule is O=C(Cn1[nH]c(=O)ccc1=O)Nc1ccc(CO)cc1. The fraction of sp³-hybridized carbons (Fsp3) is 0.154. The summed E-state index contributed by atoms with van der Waals surface area (Å²) in [6.45, 7) is -0.356. The van der Waals surface area contributed by atoms with Crippen LogP contribution in [0, 0.1) is 0 Å². The summed E-state index contributed by atoms with van der Waals surface area (Å²) in [4.78, 5) is 34.3. The van der Waals surface area contributed by atoms with Gasteiger partial charge >= 0.3 is 0 Å². The predicted octanol–water partition coefficient (Wildman–Crippen LogP) is -0.332. The zero-order chi connectivity index (χ0) is 14.5. The summed E-state index contributed by atoms with van der Waals surface area (Å²) in [5.41, 5.74) is 0.352. The summed E-state index contributed by atoms with van der Waals surface area (Å²) < 4.78 is 0.930.